The molecule has 0 N–H and O–H groups in total. The maximum Gasteiger partial charge on any atom is 0.345 e. The Labute approximate surface area is 112 Å². The second-order valence-corrected chi connectivity index (χ2v) is 26.6. The molecule has 0 aromatic rings. The van der Waals surface area contributed by atoms with E-state index in [1.54, 1.807) is 0 Å². The monoisotopic (exact) mass is 405 g/mol. The van der Waals surface area contributed by atoms with Crippen molar-refractivity contribution in [1.29, 1.82) is 0 Å². The summed E-state index contributed by atoms with van der Waals surface area (Å²) >= 11 is 11.4. The Hall–Kier alpha value is 1.62. The smallest absolute Gasteiger partial charge is 0.288 e. The van der Waals surface area contributed by atoms with Gasteiger partial charge in [0.2, 0.25) is 0 Å². The number of hydrogen-bond acceptors (Lipinski definition) is 1. The minimum atomic E-state index is -1.76. The van der Waals surface area contributed by atoms with Gasteiger partial charge in [-0.2, -0.15) is 0 Å². The van der Waals surface area contributed by atoms with Gasteiger partial charge in [0.25, 0.3) is 0 Å². The average molecular weight is 408 g/mol. The number of nitrogens with zero attached hydrogens (tertiary/aromatic N) is 1. The van der Waals surface area contributed by atoms with Gasteiger partial charge in [-0.25, -0.2) is 0 Å². The molecule has 0 aromatic heterocycles. The van der Waals surface area contributed by atoms with Crippen LogP contribution in [-0.4, -0.2) is 19.7 Å². The fraction of sp³-hybridized carbons (Fsp3) is 1.00. The highest BCUT2D eigenvalue weighted by Crippen LogP contribution is 2.47. The van der Waals surface area contributed by atoms with Crippen molar-refractivity contribution in [3.05, 3.63) is 0 Å². The SMILES string of the molecule is CC1(C)CCCC(C)(C)N1[Si](Br)(Br)Br. The van der Waals surface area contributed by atoms with Gasteiger partial charge in [-0.15, -0.1) is 0 Å². The van der Waals surface area contributed by atoms with Crippen LogP contribution in [0.25, 0.3) is 0 Å². The van der Waals surface area contributed by atoms with Gasteiger partial charge in [-0.05, 0) is 47.0 Å². The highest BCUT2D eigenvalue weighted by Gasteiger charge is 2.51. The van der Waals surface area contributed by atoms with Crippen LogP contribution in [0.4, 0.5) is 0 Å². The van der Waals surface area contributed by atoms with Crippen LogP contribution in [0.3, 0.4) is 0 Å². The first kappa shape index (κ1) is 13.7. The zero-order valence-electron chi connectivity index (χ0n) is 9.20. The lowest BCUT2D eigenvalue weighted by Gasteiger charge is -2.56. The topological polar surface area (TPSA) is 3.24 Å². The summed E-state index contributed by atoms with van der Waals surface area (Å²) in [5.74, 6) is 0. The Morgan fingerprint density at radius 1 is 0.929 bits per heavy atom. The van der Waals surface area contributed by atoms with E-state index in [2.05, 4.69) is 78.1 Å². The van der Waals surface area contributed by atoms with Crippen molar-refractivity contribution in [2.24, 2.45) is 0 Å². The third kappa shape index (κ3) is 2.84. The summed E-state index contributed by atoms with van der Waals surface area (Å²) in [5, 5.41) is 0. The molecular weight excluding hydrogens is 390 g/mol. The minimum Gasteiger partial charge on any atom is -0.288 e. The van der Waals surface area contributed by atoms with Crippen molar-refractivity contribution >= 4 is 50.0 Å². The lowest BCUT2D eigenvalue weighted by molar-refractivity contribution is 0.0545. The van der Waals surface area contributed by atoms with Crippen molar-refractivity contribution in [3.8, 4) is 0 Å². The summed E-state index contributed by atoms with van der Waals surface area (Å²) in [6.45, 7) is 9.33. The number of rotatable bonds is 1. The van der Waals surface area contributed by atoms with Crippen LogP contribution in [0.15, 0.2) is 0 Å². The quantitative estimate of drug-likeness (QED) is 0.451. The highest BCUT2D eigenvalue weighted by atomic mass is 80.0. The lowest BCUT2D eigenvalue weighted by Crippen LogP contribution is -2.64. The Kier molecular flexibility index (Phi) is 4.04. The second-order valence-electron chi connectivity index (χ2n) is 5.28. The molecule has 1 rings (SSSR count). The fourth-order valence-electron chi connectivity index (χ4n) is 2.68. The molecule has 0 bridgehead atoms. The Balaban J connectivity index is 3.04. The molecular formula is C9H18Br3NSi. The first-order valence-electron chi connectivity index (χ1n) is 4.94. The number of piperidine rings is 1. The first-order valence-corrected chi connectivity index (χ1v) is 13.7. The Bertz CT molecular complexity index is 207. The summed E-state index contributed by atoms with van der Waals surface area (Å²) in [6.07, 6.45) is 3.87. The van der Waals surface area contributed by atoms with E-state index < -0.39 is 4.09 Å². The van der Waals surface area contributed by atoms with E-state index in [0.717, 1.165) is 0 Å². The molecule has 0 saturated carbocycles. The molecule has 0 spiro atoms. The summed E-state index contributed by atoms with van der Waals surface area (Å²) in [6, 6.07) is 0. The predicted molar refractivity (Wildman–Crippen MR) is 76.4 cm³/mol. The summed E-state index contributed by atoms with van der Waals surface area (Å²) in [5.41, 5.74) is 0.537. The van der Waals surface area contributed by atoms with Crippen molar-refractivity contribution in [1.82, 2.24) is 4.57 Å². The zero-order chi connectivity index (χ0) is 11.2. The van der Waals surface area contributed by atoms with Crippen LogP contribution in [0.1, 0.15) is 47.0 Å². The van der Waals surface area contributed by atoms with Crippen LogP contribution < -0.4 is 0 Å². The third-order valence-corrected chi connectivity index (χ3v) is 7.95. The van der Waals surface area contributed by atoms with Crippen LogP contribution in [0, 0.1) is 0 Å². The van der Waals surface area contributed by atoms with Gasteiger partial charge >= 0.3 is 4.09 Å². The molecule has 0 amide bonds. The van der Waals surface area contributed by atoms with Gasteiger partial charge < -0.3 is 0 Å². The van der Waals surface area contributed by atoms with E-state index in [0.29, 0.717) is 0 Å². The van der Waals surface area contributed by atoms with Crippen molar-refractivity contribution in [3.63, 3.8) is 0 Å². The Morgan fingerprint density at radius 3 is 1.50 bits per heavy atom. The molecule has 0 unspecified atom stereocenters. The molecule has 1 heterocycles. The van der Waals surface area contributed by atoms with E-state index in [1.165, 1.54) is 19.3 Å². The molecule has 0 aliphatic carbocycles. The third-order valence-electron chi connectivity index (χ3n) is 3.04. The number of halogens is 3. The molecule has 1 fully saturated rings. The average Bonchev–Trinajstić information content (AvgIpc) is 1.76. The van der Waals surface area contributed by atoms with Gasteiger partial charge in [0.1, 0.15) is 0 Å². The standard InChI is InChI=1S/C9H18Br3NSi/c1-8(2)6-5-7-9(3,4)13(8)14(10,11)12/h5-7H2,1-4H3. The molecule has 0 atom stereocenters. The zero-order valence-corrected chi connectivity index (χ0v) is 15.0. The number of hydrogen-bond donors (Lipinski definition) is 0. The van der Waals surface area contributed by atoms with E-state index in [-0.39, 0.29) is 11.1 Å². The van der Waals surface area contributed by atoms with E-state index in [9.17, 15) is 0 Å². The maximum absolute atomic E-state index is 3.79. The van der Waals surface area contributed by atoms with Crippen molar-refractivity contribution in [2.75, 3.05) is 0 Å². The van der Waals surface area contributed by atoms with Crippen LogP contribution in [0.2, 0.25) is 0 Å². The molecule has 0 aromatic carbocycles. The van der Waals surface area contributed by atoms with Gasteiger partial charge in [-0.3, -0.25) is 4.57 Å². The minimum absolute atomic E-state index is 0.268. The van der Waals surface area contributed by atoms with Crippen molar-refractivity contribution < 1.29 is 0 Å². The second kappa shape index (κ2) is 4.13. The van der Waals surface area contributed by atoms with Gasteiger partial charge in [0.15, 0.2) is 0 Å². The molecule has 1 aliphatic heterocycles. The first-order chi connectivity index (χ1) is 6.07. The van der Waals surface area contributed by atoms with Crippen LogP contribution >= 0.6 is 45.9 Å². The van der Waals surface area contributed by atoms with E-state index in [1.807, 2.05) is 0 Å². The fourth-order valence-corrected chi connectivity index (χ4v) is 12.9. The molecule has 1 aliphatic rings. The van der Waals surface area contributed by atoms with E-state index >= 15 is 0 Å². The van der Waals surface area contributed by atoms with Gasteiger partial charge in [-0.1, -0.05) is 45.9 Å². The van der Waals surface area contributed by atoms with Crippen molar-refractivity contribution in [2.45, 2.75) is 58.0 Å². The lowest BCUT2D eigenvalue weighted by atomic mass is 9.83. The predicted octanol–water partition coefficient (Wildman–Crippen LogP) is 4.65. The summed E-state index contributed by atoms with van der Waals surface area (Å²) in [7, 11) is 0. The van der Waals surface area contributed by atoms with Crippen LogP contribution in [0.5, 0.6) is 0 Å². The molecule has 1 nitrogen and oxygen atoms in total. The van der Waals surface area contributed by atoms with Gasteiger partial charge in [0.05, 0.1) is 0 Å². The summed E-state index contributed by atoms with van der Waals surface area (Å²) < 4.78 is 0.837. The van der Waals surface area contributed by atoms with Crippen LogP contribution in [-0.2, 0) is 0 Å². The highest BCUT2D eigenvalue weighted by molar-refractivity contribution is 9.71. The van der Waals surface area contributed by atoms with Gasteiger partial charge in [0, 0.05) is 11.1 Å². The Morgan fingerprint density at radius 2 is 1.29 bits per heavy atom. The molecule has 1 saturated heterocycles. The molecule has 0 radical (unpaired) electrons. The maximum atomic E-state index is 3.79. The normalized spacial score (nSPS) is 27.6. The largest absolute Gasteiger partial charge is 0.345 e. The van der Waals surface area contributed by atoms with E-state index in [4.69, 9.17) is 0 Å². The molecule has 14 heavy (non-hydrogen) atoms. The molecule has 84 valence electrons. The summed E-state index contributed by atoms with van der Waals surface area (Å²) in [4.78, 5) is 0. The molecule has 5 heteroatoms.